The maximum absolute atomic E-state index is 11.1. The van der Waals surface area contributed by atoms with E-state index in [4.69, 9.17) is 0 Å². The molecule has 1 amide bonds. The molecule has 0 bridgehead atoms. The number of piperidine rings is 1. The molecule has 3 N–H and O–H groups in total. The lowest BCUT2D eigenvalue weighted by molar-refractivity contribution is -0.124. The van der Waals surface area contributed by atoms with Crippen molar-refractivity contribution in [1.82, 2.24) is 16.0 Å². The van der Waals surface area contributed by atoms with E-state index in [1.165, 1.54) is 0 Å². The van der Waals surface area contributed by atoms with E-state index in [0.717, 1.165) is 32.5 Å². The minimum absolute atomic E-state index is 0.0561. The minimum atomic E-state index is 0.0561. The van der Waals surface area contributed by atoms with Crippen molar-refractivity contribution >= 4 is 5.91 Å². The topological polar surface area (TPSA) is 53.2 Å². The smallest absolute Gasteiger partial charge is 0.234 e. The van der Waals surface area contributed by atoms with Crippen molar-refractivity contribution in [3.05, 3.63) is 0 Å². The Hall–Kier alpha value is -0.610. The number of nitrogens with one attached hydrogen (secondary N) is 3. The molecular weight excluding hydrogens is 154 g/mol. The molecule has 0 atom stereocenters. The molecule has 68 valence electrons. The summed E-state index contributed by atoms with van der Waals surface area (Å²) in [6.45, 7) is 3.44. The summed E-state index contributed by atoms with van der Waals surface area (Å²) in [6, 6.07) is 0. The summed E-state index contributed by atoms with van der Waals surface area (Å²) < 4.78 is 0. The zero-order valence-corrected chi connectivity index (χ0v) is 7.15. The summed E-state index contributed by atoms with van der Waals surface area (Å²) in [5, 5.41) is 9.54. The molecular formula is C8H15N3O. The van der Waals surface area contributed by atoms with Crippen LogP contribution in [0.5, 0.6) is 0 Å². The number of hydrogen-bond donors (Lipinski definition) is 3. The normalized spacial score (nSPS) is 28.5. The van der Waals surface area contributed by atoms with Gasteiger partial charge in [-0.3, -0.25) is 4.79 Å². The maximum Gasteiger partial charge on any atom is 0.234 e. The third kappa shape index (κ3) is 1.44. The van der Waals surface area contributed by atoms with Gasteiger partial charge in [0.15, 0.2) is 0 Å². The Morgan fingerprint density at radius 1 is 1.17 bits per heavy atom. The average molecular weight is 169 g/mol. The van der Waals surface area contributed by atoms with Gasteiger partial charge in [-0.15, -0.1) is 0 Å². The molecule has 12 heavy (non-hydrogen) atoms. The van der Waals surface area contributed by atoms with Crippen LogP contribution in [0.2, 0.25) is 0 Å². The van der Waals surface area contributed by atoms with Crippen LogP contribution in [-0.2, 0) is 4.79 Å². The van der Waals surface area contributed by atoms with E-state index in [1.54, 1.807) is 0 Å². The third-order valence-corrected chi connectivity index (χ3v) is 2.71. The second kappa shape index (κ2) is 3.03. The van der Waals surface area contributed by atoms with Gasteiger partial charge in [0.2, 0.25) is 5.91 Å². The minimum Gasteiger partial charge on any atom is -0.348 e. The van der Waals surface area contributed by atoms with E-state index in [1.807, 2.05) is 0 Å². The van der Waals surface area contributed by atoms with Gasteiger partial charge in [-0.25, -0.2) is 0 Å². The van der Waals surface area contributed by atoms with Crippen LogP contribution in [0, 0.1) is 0 Å². The highest BCUT2D eigenvalue weighted by Crippen LogP contribution is 2.18. The fourth-order valence-corrected chi connectivity index (χ4v) is 2.01. The number of hydrogen-bond acceptors (Lipinski definition) is 3. The Labute approximate surface area is 72.1 Å². The SMILES string of the molecule is O=C1CNCC2(CCNCC2)N1. The molecule has 2 saturated heterocycles. The van der Waals surface area contributed by atoms with Crippen molar-refractivity contribution in [3.63, 3.8) is 0 Å². The van der Waals surface area contributed by atoms with Crippen LogP contribution >= 0.6 is 0 Å². The summed E-state index contributed by atoms with van der Waals surface area (Å²) in [4.78, 5) is 11.1. The molecule has 2 fully saturated rings. The summed E-state index contributed by atoms with van der Waals surface area (Å²) in [5.41, 5.74) is 0.0561. The van der Waals surface area contributed by atoms with E-state index < -0.39 is 0 Å². The highest BCUT2D eigenvalue weighted by molar-refractivity contribution is 5.79. The molecule has 2 aliphatic heterocycles. The first kappa shape index (κ1) is 8.01. The zero-order valence-electron chi connectivity index (χ0n) is 7.15. The molecule has 0 aromatic rings. The lowest BCUT2D eigenvalue weighted by Crippen LogP contribution is -2.65. The number of piperazine rings is 1. The summed E-state index contributed by atoms with van der Waals surface area (Å²) in [5.74, 6) is 0.142. The molecule has 4 nitrogen and oxygen atoms in total. The molecule has 2 heterocycles. The summed E-state index contributed by atoms with van der Waals surface area (Å²) in [7, 11) is 0. The van der Waals surface area contributed by atoms with E-state index >= 15 is 0 Å². The van der Waals surface area contributed by atoms with Crippen molar-refractivity contribution in [3.8, 4) is 0 Å². The first-order valence-corrected chi connectivity index (χ1v) is 4.53. The fraction of sp³-hybridized carbons (Fsp3) is 0.875. The van der Waals surface area contributed by atoms with Gasteiger partial charge >= 0.3 is 0 Å². The van der Waals surface area contributed by atoms with Crippen molar-refractivity contribution in [2.75, 3.05) is 26.2 Å². The van der Waals surface area contributed by atoms with Crippen LogP contribution in [0.1, 0.15) is 12.8 Å². The van der Waals surface area contributed by atoms with Gasteiger partial charge in [0, 0.05) is 6.54 Å². The van der Waals surface area contributed by atoms with Crippen molar-refractivity contribution < 1.29 is 4.79 Å². The Bertz CT molecular complexity index is 181. The van der Waals surface area contributed by atoms with E-state index in [2.05, 4.69) is 16.0 Å². The van der Waals surface area contributed by atoms with E-state index in [-0.39, 0.29) is 11.4 Å². The van der Waals surface area contributed by atoms with Crippen LogP contribution in [0.4, 0.5) is 0 Å². The van der Waals surface area contributed by atoms with E-state index in [9.17, 15) is 4.79 Å². The molecule has 1 spiro atoms. The molecule has 0 unspecified atom stereocenters. The summed E-state index contributed by atoms with van der Waals surface area (Å²) in [6.07, 6.45) is 2.09. The van der Waals surface area contributed by atoms with Gasteiger partial charge in [-0.2, -0.15) is 0 Å². The number of amides is 1. The Balaban J connectivity index is 2.02. The monoisotopic (exact) mass is 169 g/mol. The average Bonchev–Trinajstić information content (AvgIpc) is 2.05. The molecule has 2 rings (SSSR count). The summed E-state index contributed by atoms with van der Waals surface area (Å²) >= 11 is 0. The predicted octanol–water partition coefficient (Wildman–Crippen LogP) is -1.17. The molecule has 0 radical (unpaired) electrons. The second-order valence-corrected chi connectivity index (χ2v) is 3.68. The molecule has 2 aliphatic rings. The van der Waals surface area contributed by atoms with Crippen LogP contribution in [0.3, 0.4) is 0 Å². The Kier molecular flexibility index (Phi) is 2.02. The molecule has 0 aromatic carbocycles. The van der Waals surface area contributed by atoms with Crippen LogP contribution in [0.15, 0.2) is 0 Å². The number of rotatable bonds is 0. The number of carbonyl (C=O) groups is 1. The fourth-order valence-electron chi connectivity index (χ4n) is 2.01. The van der Waals surface area contributed by atoms with Crippen LogP contribution in [-0.4, -0.2) is 37.6 Å². The van der Waals surface area contributed by atoms with Crippen LogP contribution < -0.4 is 16.0 Å². The molecule has 0 saturated carbocycles. The van der Waals surface area contributed by atoms with Crippen molar-refractivity contribution in [2.24, 2.45) is 0 Å². The van der Waals surface area contributed by atoms with Crippen LogP contribution in [0.25, 0.3) is 0 Å². The van der Waals surface area contributed by atoms with Crippen molar-refractivity contribution in [1.29, 1.82) is 0 Å². The highest BCUT2D eigenvalue weighted by Gasteiger charge is 2.35. The maximum atomic E-state index is 11.1. The lowest BCUT2D eigenvalue weighted by atomic mass is 9.87. The van der Waals surface area contributed by atoms with Gasteiger partial charge < -0.3 is 16.0 Å². The zero-order chi connectivity index (χ0) is 8.44. The van der Waals surface area contributed by atoms with Crippen molar-refractivity contribution in [2.45, 2.75) is 18.4 Å². The van der Waals surface area contributed by atoms with Gasteiger partial charge in [0.05, 0.1) is 12.1 Å². The van der Waals surface area contributed by atoms with Gasteiger partial charge in [-0.05, 0) is 25.9 Å². The standard InChI is InChI=1S/C8H15N3O/c12-7-5-10-6-8(11-7)1-3-9-4-2-8/h9-10H,1-6H2,(H,11,12). The molecule has 4 heteroatoms. The molecule has 0 aliphatic carbocycles. The predicted molar refractivity (Wildman–Crippen MR) is 45.8 cm³/mol. The lowest BCUT2D eigenvalue weighted by Gasteiger charge is -2.41. The molecule has 0 aromatic heterocycles. The quantitative estimate of drug-likeness (QED) is 0.428. The third-order valence-electron chi connectivity index (χ3n) is 2.71. The Morgan fingerprint density at radius 3 is 2.58 bits per heavy atom. The first-order valence-electron chi connectivity index (χ1n) is 4.53. The number of carbonyl (C=O) groups excluding carboxylic acids is 1. The van der Waals surface area contributed by atoms with Gasteiger partial charge in [0.1, 0.15) is 0 Å². The highest BCUT2D eigenvalue weighted by atomic mass is 16.2. The first-order chi connectivity index (χ1) is 5.81. The second-order valence-electron chi connectivity index (χ2n) is 3.68. The largest absolute Gasteiger partial charge is 0.348 e. The van der Waals surface area contributed by atoms with E-state index in [0.29, 0.717) is 6.54 Å². The van der Waals surface area contributed by atoms with Gasteiger partial charge in [-0.1, -0.05) is 0 Å². The van der Waals surface area contributed by atoms with Gasteiger partial charge in [0.25, 0.3) is 0 Å². The Morgan fingerprint density at radius 2 is 1.92 bits per heavy atom.